The van der Waals surface area contributed by atoms with Gasteiger partial charge in [-0.1, -0.05) is 30.2 Å². The van der Waals surface area contributed by atoms with Gasteiger partial charge >= 0.3 is 12.1 Å². The van der Waals surface area contributed by atoms with Gasteiger partial charge in [-0.05, 0) is 68.9 Å². The summed E-state index contributed by atoms with van der Waals surface area (Å²) in [5, 5.41) is 10.4. The fourth-order valence-electron chi connectivity index (χ4n) is 5.76. The number of ether oxygens (including phenoxy) is 1. The Kier molecular flexibility index (Phi) is 6.45. The van der Waals surface area contributed by atoms with Crippen LogP contribution >= 0.6 is 11.6 Å². The van der Waals surface area contributed by atoms with E-state index in [0.717, 1.165) is 59.4 Å². The van der Waals surface area contributed by atoms with E-state index in [2.05, 4.69) is 4.57 Å². The first-order valence-electron chi connectivity index (χ1n) is 12.2. The molecule has 1 aliphatic carbocycles. The van der Waals surface area contributed by atoms with E-state index >= 15 is 0 Å². The van der Waals surface area contributed by atoms with Crippen molar-refractivity contribution in [3.8, 4) is 0 Å². The number of benzene rings is 2. The normalized spacial score (nSPS) is 22.1. The van der Waals surface area contributed by atoms with Crippen LogP contribution in [0.5, 0.6) is 0 Å². The van der Waals surface area contributed by atoms with E-state index in [4.69, 9.17) is 21.3 Å². The van der Waals surface area contributed by atoms with Crippen LogP contribution in [0.4, 0.5) is 10.5 Å². The van der Waals surface area contributed by atoms with Gasteiger partial charge in [0.1, 0.15) is 5.82 Å². The van der Waals surface area contributed by atoms with E-state index in [1.807, 2.05) is 43.3 Å². The van der Waals surface area contributed by atoms with Crippen molar-refractivity contribution in [1.82, 2.24) is 9.55 Å². The molecule has 1 unspecified atom stereocenters. The monoisotopic (exact) mass is 495 g/mol. The molecule has 1 aliphatic heterocycles. The van der Waals surface area contributed by atoms with Gasteiger partial charge in [-0.3, -0.25) is 9.69 Å². The molecule has 3 atom stereocenters. The first kappa shape index (κ1) is 23.7. The van der Waals surface area contributed by atoms with E-state index in [0.29, 0.717) is 24.3 Å². The SMILES string of the molecule is COC(=O)N1c2ccc3c(nc(Cc4ccc(Cl)cc4)n3[C@@H]3CCC[C@@H](C(=O)O)C3)c2CCC1C. The van der Waals surface area contributed by atoms with Crippen molar-refractivity contribution in [2.75, 3.05) is 12.0 Å². The minimum absolute atomic E-state index is 0.0395. The Hall–Kier alpha value is -3.06. The maximum absolute atomic E-state index is 12.6. The van der Waals surface area contributed by atoms with E-state index in [-0.39, 0.29) is 24.1 Å². The molecule has 0 radical (unpaired) electrons. The number of halogens is 1. The third kappa shape index (κ3) is 4.38. The number of amides is 1. The number of anilines is 1. The van der Waals surface area contributed by atoms with Crippen molar-refractivity contribution < 1.29 is 19.4 Å². The summed E-state index contributed by atoms with van der Waals surface area (Å²) in [5.41, 5.74) is 4.88. The van der Waals surface area contributed by atoms with Crippen molar-refractivity contribution in [2.45, 2.75) is 64.0 Å². The Morgan fingerprint density at radius 1 is 1.14 bits per heavy atom. The molecule has 35 heavy (non-hydrogen) atoms. The van der Waals surface area contributed by atoms with Crippen LogP contribution in [0.1, 0.15) is 62.0 Å². The van der Waals surface area contributed by atoms with Gasteiger partial charge in [-0.15, -0.1) is 0 Å². The number of aromatic nitrogens is 2. The number of fused-ring (bicyclic) bond motifs is 3. The Morgan fingerprint density at radius 3 is 2.63 bits per heavy atom. The molecule has 1 amide bonds. The summed E-state index contributed by atoms with van der Waals surface area (Å²) in [7, 11) is 1.41. The zero-order valence-electron chi connectivity index (χ0n) is 20.0. The number of aliphatic carboxylic acids is 1. The zero-order valence-corrected chi connectivity index (χ0v) is 20.8. The van der Waals surface area contributed by atoms with E-state index in [1.54, 1.807) is 4.90 Å². The highest BCUT2D eigenvalue weighted by atomic mass is 35.5. The largest absolute Gasteiger partial charge is 0.481 e. The summed E-state index contributed by atoms with van der Waals surface area (Å²) >= 11 is 6.10. The minimum Gasteiger partial charge on any atom is -0.481 e. The number of hydrogen-bond acceptors (Lipinski definition) is 4. The van der Waals surface area contributed by atoms with Gasteiger partial charge < -0.3 is 14.4 Å². The molecular weight excluding hydrogens is 466 g/mol. The van der Waals surface area contributed by atoms with Gasteiger partial charge in [0.15, 0.2) is 0 Å². The molecule has 5 rings (SSSR count). The lowest BCUT2D eigenvalue weighted by Crippen LogP contribution is -2.42. The van der Waals surface area contributed by atoms with Gasteiger partial charge in [-0.25, -0.2) is 9.78 Å². The molecular formula is C27H30ClN3O4. The molecule has 1 N–H and O–H groups in total. The third-order valence-corrected chi connectivity index (χ3v) is 7.79. The predicted molar refractivity (Wildman–Crippen MR) is 135 cm³/mol. The van der Waals surface area contributed by atoms with Crippen LogP contribution in [0.25, 0.3) is 11.0 Å². The Bertz CT molecular complexity index is 1270. The second-order valence-electron chi connectivity index (χ2n) is 9.72. The van der Waals surface area contributed by atoms with Gasteiger partial charge in [0.25, 0.3) is 0 Å². The molecule has 0 bridgehead atoms. The minimum atomic E-state index is -0.724. The Morgan fingerprint density at radius 2 is 1.91 bits per heavy atom. The highest BCUT2D eigenvalue weighted by Gasteiger charge is 2.34. The number of hydrogen-bond donors (Lipinski definition) is 1. The summed E-state index contributed by atoms with van der Waals surface area (Å²) in [5.74, 6) is -0.156. The lowest BCUT2D eigenvalue weighted by atomic mass is 9.85. The molecule has 1 fully saturated rings. The molecule has 2 aliphatic rings. The van der Waals surface area contributed by atoms with Crippen molar-refractivity contribution in [1.29, 1.82) is 0 Å². The summed E-state index contributed by atoms with van der Waals surface area (Å²) < 4.78 is 7.33. The number of imidazole rings is 1. The van der Waals surface area contributed by atoms with Crippen molar-refractivity contribution in [3.63, 3.8) is 0 Å². The number of carbonyl (C=O) groups is 2. The van der Waals surface area contributed by atoms with Crippen LogP contribution in [0.2, 0.25) is 5.02 Å². The topological polar surface area (TPSA) is 84.7 Å². The van der Waals surface area contributed by atoms with Crippen LogP contribution in [0.3, 0.4) is 0 Å². The van der Waals surface area contributed by atoms with Gasteiger partial charge in [-0.2, -0.15) is 0 Å². The highest BCUT2D eigenvalue weighted by Crippen LogP contribution is 2.41. The summed E-state index contributed by atoms with van der Waals surface area (Å²) in [6.07, 6.45) is 5.00. The van der Waals surface area contributed by atoms with Gasteiger partial charge in [0, 0.05) is 29.1 Å². The summed E-state index contributed by atoms with van der Waals surface area (Å²) in [6, 6.07) is 11.9. The molecule has 2 heterocycles. The summed E-state index contributed by atoms with van der Waals surface area (Å²) in [4.78, 5) is 31.2. The van der Waals surface area contributed by atoms with Crippen molar-refractivity contribution >= 4 is 40.4 Å². The number of carbonyl (C=O) groups excluding carboxylic acids is 1. The van der Waals surface area contributed by atoms with E-state index < -0.39 is 5.97 Å². The van der Waals surface area contributed by atoms with Gasteiger partial charge in [0.2, 0.25) is 0 Å². The van der Waals surface area contributed by atoms with Crippen LogP contribution in [0.15, 0.2) is 36.4 Å². The Balaban J connectivity index is 1.65. The number of aryl methyl sites for hydroxylation is 1. The predicted octanol–water partition coefficient (Wildman–Crippen LogP) is 6.00. The van der Waals surface area contributed by atoms with Gasteiger partial charge in [0.05, 0.1) is 29.7 Å². The first-order chi connectivity index (χ1) is 16.9. The van der Waals surface area contributed by atoms with E-state index in [9.17, 15) is 14.7 Å². The average molecular weight is 496 g/mol. The maximum atomic E-state index is 12.6. The molecule has 0 spiro atoms. The second kappa shape index (κ2) is 9.53. The third-order valence-electron chi connectivity index (χ3n) is 7.54. The number of carboxylic acids is 1. The Labute approximate surface area is 209 Å². The van der Waals surface area contributed by atoms with Crippen LogP contribution in [-0.4, -0.2) is 39.9 Å². The van der Waals surface area contributed by atoms with E-state index in [1.165, 1.54) is 7.11 Å². The molecule has 7 nitrogen and oxygen atoms in total. The standard InChI is InChI=1S/C27H30ClN3O4/c1-16-6-11-21-22(30(16)27(34)35-2)12-13-23-25(21)29-24(14-17-7-9-19(28)10-8-17)31(23)20-5-3-4-18(15-20)26(32)33/h7-10,12-13,16,18,20H,3-6,11,14-15H2,1-2H3,(H,32,33)/t16?,18-,20-/m1/s1. The number of methoxy groups -OCH3 is 1. The lowest BCUT2D eigenvalue weighted by molar-refractivity contribution is -0.143. The van der Waals surface area contributed by atoms with Crippen LogP contribution in [0, 0.1) is 5.92 Å². The fourth-order valence-corrected chi connectivity index (χ4v) is 5.89. The molecule has 0 saturated heterocycles. The smallest absolute Gasteiger partial charge is 0.414 e. The summed E-state index contributed by atoms with van der Waals surface area (Å²) in [6.45, 7) is 2.03. The number of carboxylic acid groups (broad SMARTS) is 1. The quantitative estimate of drug-likeness (QED) is 0.479. The fraction of sp³-hybridized carbons (Fsp3) is 0.444. The molecule has 3 aromatic rings. The molecule has 1 aromatic heterocycles. The first-order valence-corrected chi connectivity index (χ1v) is 12.6. The average Bonchev–Trinajstić information content (AvgIpc) is 3.23. The maximum Gasteiger partial charge on any atom is 0.414 e. The molecule has 1 saturated carbocycles. The lowest BCUT2D eigenvalue weighted by Gasteiger charge is -2.34. The number of rotatable bonds is 4. The zero-order chi connectivity index (χ0) is 24.7. The highest BCUT2D eigenvalue weighted by molar-refractivity contribution is 6.30. The number of nitrogens with zero attached hydrogens (tertiary/aromatic N) is 3. The van der Waals surface area contributed by atoms with Crippen LogP contribution in [-0.2, 0) is 22.4 Å². The molecule has 2 aromatic carbocycles. The molecule has 184 valence electrons. The van der Waals surface area contributed by atoms with Crippen LogP contribution < -0.4 is 4.90 Å². The molecule has 8 heteroatoms. The van der Waals surface area contributed by atoms with Crippen molar-refractivity contribution in [2.24, 2.45) is 5.92 Å². The second-order valence-corrected chi connectivity index (χ2v) is 10.2. The van der Waals surface area contributed by atoms with Crippen molar-refractivity contribution in [3.05, 3.63) is 58.4 Å².